The number of urea groups is 1. The van der Waals surface area contributed by atoms with E-state index >= 15 is 0 Å². The fourth-order valence-electron chi connectivity index (χ4n) is 1.84. The largest absolute Gasteiger partial charge is 0.480 e. The van der Waals surface area contributed by atoms with Gasteiger partial charge in [0.05, 0.1) is 0 Å². The van der Waals surface area contributed by atoms with Gasteiger partial charge in [0.15, 0.2) is 0 Å². The van der Waals surface area contributed by atoms with E-state index in [-0.39, 0.29) is 6.03 Å². The third-order valence-corrected chi connectivity index (χ3v) is 2.80. The zero-order valence-electron chi connectivity index (χ0n) is 10.2. The summed E-state index contributed by atoms with van der Waals surface area (Å²) in [6, 6.07) is -1.04. The van der Waals surface area contributed by atoms with Gasteiger partial charge in [0.1, 0.15) is 6.04 Å². The summed E-state index contributed by atoms with van der Waals surface area (Å²) in [6.07, 6.45) is 2.10. The smallest absolute Gasteiger partial charge is 0.326 e. The Hall–Kier alpha value is -1.30. The molecule has 0 radical (unpaired) electrons. The first-order chi connectivity index (χ1) is 8.15. The molecule has 1 heterocycles. The van der Waals surface area contributed by atoms with Crippen molar-refractivity contribution in [2.24, 2.45) is 0 Å². The number of carbonyl (C=O) groups excluding carboxylic acids is 1. The minimum Gasteiger partial charge on any atom is -0.480 e. The lowest BCUT2D eigenvalue weighted by Crippen LogP contribution is -2.48. The van der Waals surface area contributed by atoms with E-state index in [0.717, 1.165) is 25.9 Å². The Morgan fingerprint density at radius 2 is 2.18 bits per heavy atom. The Kier molecular flexibility index (Phi) is 5.76. The number of carboxylic acid groups (broad SMARTS) is 1. The summed E-state index contributed by atoms with van der Waals surface area (Å²) in [5, 5.41) is 14.7. The monoisotopic (exact) mass is 243 g/mol. The van der Waals surface area contributed by atoms with E-state index in [0.29, 0.717) is 19.5 Å². The van der Waals surface area contributed by atoms with Crippen molar-refractivity contribution in [2.45, 2.75) is 32.2 Å². The molecule has 0 aromatic carbocycles. The summed E-state index contributed by atoms with van der Waals surface area (Å²) in [5.74, 6) is -0.965. The van der Waals surface area contributed by atoms with Gasteiger partial charge in [0.2, 0.25) is 0 Å². The number of nitrogens with zero attached hydrogens (tertiary/aromatic N) is 1. The summed E-state index contributed by atoms with van der Waals surface area (Å²) in [6.45, 7) is 4.87. The number of carboxylic acids is 1. The first-order valence-electron chi connectivity index (χ1n) is 6.14. The molecular formula is C11H21N3O3. The molecule has 3 N–H and O–H groups in total. The second-order valence-electron chi connectivity index (χ2n) is 4.22. The summed E-state index contributed by atoms with van der Waals surface area (Å²) in [7, 11) is 0. The quantitative estimate of drug-likeness (QED) is 0.661. The van der Waals surface area contributed by atoms with Gasteiger partial charge < -0.3 is 20.6 Å². The topological polar surface area (TPSA) is 81.7 Å². The van der Waals surface area contributed by atoms with Crippen molar-refractivity contribution in [3.05, 3.63) is 0 Å². The number of nitrogens with one attached hydrogen (secondary N) is 2. The second-order valence-corrected chi connectivity index (χ2v) is 4.22. The molecule has 0 aromatic heterocycles. The SMILES string of the molecule is CCC[C@@H](NC(=O)N1CCCNCC1)C(=O)O. The molecule has 1 aliphatic rings. The van der Waals surface area contributed by atoms with Gasteiger partial charge in [0.25, 0.3) is 0 Å². The minimum absolute atomic E-state index is 0.269. The van der Waals surface area contributed by atoms with Crippen molar-refractivity contribution in [3.8, 4) is 0 Å². The predicted molar refractivity (Wildman–Crippen MR) is 63.9 cm³/mol. The van der Waals surface area contributed by atoms with Crippen molar-refractivity contribution in [3.63, 3.8) is 0 Å². The van der Waals surface area contributed by atoms with E-state index in [2.05, 4.69) is 10.6 Å². The van der Waals surface area contributed by atoms with E-state index in [1.807, 2.05) is 6.92 Å². The molecular weight excluding hydrogens is 222 g/mol. The molecule has 0 bridgehead atoms. The van der Waals surface area contributed by atoms with Crippen LogP contribution in [0.4, 0.5) is 4.79 Å². The van der Waals surface area contributed by atoms with Gasteiger partial charge >= 0.3 is 12.0 Å². The Morgan fingerprint density at radius 3 is 2.82 bits per heavy atom. The summed E-state index contributed by atoms with van der Waals surface area (Å²) in [4.78, 5) is 24.5. The van der Waals surface area contributed by atoms with Gasteiger partial charge in [-0.2, -0.15) is 0 Å². The van der Waals surface area contributed by atoms with Crippen molar-refractivity contribution in [2.75, 3.05) is 26.2 Å². The van der Waals surface area contributed by atoms with Crippen molar-refractivity contribution >= 4 is 12.0 Å². The highest BCUT2D eigenvalue weighted by molar-refractivity contribution is 5.82. The molecule has 0 spiro atoms. The maximum absolute atomic E-state index is 11.9. The Morgan fingerprint density at radius 1 is 1.41 bits per heavy atom. The number of hydrogen-bond donors (Lipinski definition) is 3. The van der Waals surface area contributed by atoms with Crippen LogP contribution in [0.25, 0.3) is 0 Å². The molecule has 0 aliphatic carbocycles. The molecule has 6 nitrogen and oxygen atoms in total. The lowest BCUT2D eigenvalue weighted by Gasteiger charge is -2.23. The molecule has 0 saturated carbocycles. The maximum Gasteiger partial charge on any atom is 0.326 e. The number of carbonyl (C=O) groups is 2. The van der Waals surface area contributed by atoms with Crippen LogP contribution in [-0.4, -0.2) is 54.2 Å². The van der Waals surface area contributed by atoms with Crippen molar-refractivity contribution < 1.29 is 14.7 Å². The molecule has 1 fully saturated rings. The van der Waals surface area contributed by atoms with Crippen LogP contribution in [0, 0.1) is 0 Å². The lowest BCUT2D eigenvalue weighted by molar-refractivity contribution is -0.139. The highest BCUT2D eigenvalue weighted by Gasteiger charge is 2.22. The predicted octanol–water partition coefficient (Wildman–Crippen LogP) is 0.245. The van der Waals surface area contributed by atoms with Crippen LogP contribution in [0.3, 0.4) is 0 Å². The Bertz CT molecular complexity index is 263. The van der Waals surface area contributed by atoms with Gasteiger partial charge in [-0.05, 0) is 19.4 Å². The van der Waals surface area contributed by atoms with E-state index in [1.165, 1.54) is 0 Å². The number of aliphatic carboxylic acids is 1. The summed E-state index contributed by atoms with van der Waals surface area (Å²) in [5.41, 5.74) is 0. The Labute approximate surface area is 101 Å². The molecule has 0 aromatic rings. The molecule has 1 atom stereocenters. The van der Waals surface area contributed by atoms with Gasteiger partial charge in [-0.1, -0.05) is 13.3 Å². The number of hydrogen-bond acceptors (Lipinski definition) is 3. The highest BCUT2D eigenvalue weighted by Crippen LogP contribution is 2.01. The number of amides is 2. The first kappa shape index (κ1) is 13.8. The standard InChI is InChI=1S/C11H21N3O3/c1-2-4-9(10(15)16)13-11(17)14-7-3-5-12-6-8-14/h9,12H,2-8H2,1H3,(H,13,17)(H,15,16)/t9-/m1/s1. The van der Waals surface area contributed by atoms with Crippen LogP contribution < -0.4 is 10.6 Å². The fraction of sp³-hybridized carbons (Fsp3) is 0.818. The molecule has 1 aliphatic heterocycles. The third-order valence-electron chi connectivity index (χ3n) is 2.80. The minimum atomic E-state index is -0.965. The molecule has 17 heavy (non-hydrogen) atoms. The second kappa shape index (κ2) is 7.11. The first-order valence-corrected chi connectivity index (χ1v) is 6.14. The van der Waals surface area contributed by atoms with E-state index in [9.17, 15) is 9.59 Å². The van der Waals surface area contributed by atoms with Gasteiger partial charge in [-0.15, -0.1) is 0 Å². The zero-order chi connectivity index (χ0) is 12.7. The highest BCUT2D eigenvalue weighted by atomic mass is 16.4. The molecule has 6 heteroatoms. The molecule has 1 rings (SSSR count). The molecule has 98 valence electrons. The molecule has 0 unspecified atom stereocenters. The van der Waals surface area contributed by atoms with Gasteiger partial charge in [-0.25, -0.2) is 9.59 Å². The Balaban J connectivity index is 2.47. The van der Waals surface area contributed by atoms with Crippen molar-refractivity contribution in [1.29, 1.82) is 0 Å². The van der Waals surface area contributed by atoms with Crippen LogP contribution in [0.5, 0.6) is 0 Å². The van der Waals surface area contributed by atoms with Gasteiger partial charge in [-0.3, -0.25) is 0 Å². The zero-order valence-corrected chi connectivity index (χ0v) is 10.2. The third kappa shape index (κ3) is 4.60. The van der Waals surface area contributed by atoms with Crippen LogP contribution >= 0.6 is 0 Å². The van der Waals surface area contributed by atoms with E-state index < -0.39 is 12.0 Å². The van der Waals surface area contributed by atoms with Crippen LogP contribution in [-0.2, 0) is 4.79 Å². The number of rotatable bonds is 4. The summed E-state index contributed by atoms with van der Waals surface area (Å²) >= 11 is 0. The van der Waals surface area contributed by atoms with E-state index in [4.69, 9.17) is 5.11 Å². The maximum atomic E-state index is 11.9. The van der Waals surface area contributed by atoms with E-state index in [1.54, 1.807) is 4.90 Å². The van der Waals surface area contributed by atoms with Crippen LogP contribution in [0.15, 0.2) is 0 Å². The average Bonchev–Trinajstić information content (AvgIpc) is 2.56. The molecule has 2 amide bonds. The van der Waals surface area contributed by atoms with Crippen molar-refractivity contribution in [1.82, 2.24) is 15.5 Å². The lowest BCUT2D eigenvalue weighted by atomic mass is 10.2. The fourth-order valence-corrected chi connectivity index (χ4v) is 1.84. The average molecular weight is 243 g/mol. The molecule has 1 saturated heterocycles. The van der Waals surface area contributed by atoms with Crippen LogP contribution in [0.2, 0.25) is 0 Å². The van der Waals surface area contributed by atoms with Crippen LogP contribution in [0.1, 0.15) is 26.2 Å². The summed E-state index contributed by atoms with van der Waals surface area (Å²) < 4.78 is 0. The normalized spacial score (nSPS) is 18.3. The van der Waals surface area contributed by atoms with Gasteiger partial charge in [0, 0.05) is 19.6 Å².